The summed E-state index contributed by atoms with van der Waals surface area (Å²) < 4.78 is 0. The van der Waals surface area contributed by atoms with Gasteiger partial charge in [-0.15, -0.1) is 11.3 Å². The Balaban J connectivity index is 1.82. The number of hydrogen-bond acceptors (Lipinski definition) is 4. The van der Waals surface area contributed by atoms with Crippen LogP contribution in [0.4, 0.5) is 0 Å². The van der Waals surface area contributed by atoms with Gasteiger partial charge >= 0.3 is 0 Å². The van der Waals surface area contributed by atoms with E-state index in [0.717, 1.165) is 36.5 Å². The summed E-state index contributed by atoms with van der Waals surface area (Å²) in [4.78, 5) is 19.7. The number of aromatic nitrogens is 1. The number of rotatable bonds is 4. The highest BCUT2D eigenvalue weighted by atomic mass is 35.5. The summed E-state index contributed by atoms with van der Waals surface area (Å²) in [5.74, 6) is 0.0774. The molecule has 1 aliphatic heterocycles. The second-order valence-electron chi connectivity index (χ2n) is 5.36. The third-order valence-electron chi connectivity index (χ3n) is 3.90. The summed E-state index contributed by atoms with van der Waals surface area (Å²) in [6.07, 6.45) is 3.79. The molecule has 22 heavy (non-hydrogen) atoms. The maximum atomic E-state index is 12.7. The first-order valence-electron chi connectivity index (χ1n) is 7.37. The first kappa shape index (κ1) is 15.5. The van der Waals surface area contributed by atoms with Crippen molar-refractivity contribution in [2.75, 3.05) is 20.1 Å². The van der Waals surface area contributed by atoms with E-state index in [1.54, 1.807) is 6.20 Å². The number of amides is 1. The molecule has 6 heteroatoms. The van der Waals surface area contributed by atoms with Crippen LogP contribution in [-0.4, -0.2) is 42.0 Å². The molecule has 0 aliphatic carbocycles. The molecule has 2 heterocycles. The number of likely N-dealkylation sites (tertiary alicyclic amines) is 1. The van der Waals surface area contributed by atoms with Gasteiger partial charge < -0.3 is 10.2 Å². The van der Waals surface area contributed by atoms with Crippen molar-refractivity contribution >= 4 is 28.8 Å². The fraction of sp³-hybridized carbons (Fsp3) is 0.375. The summed E-state index contributed by atoms with van der Waals surface area (Å²) in [5, 5.41) is 4.61. The van der Waals surface area contributed by atoms with Gasteiger partial charge in [0.05, 0.1) is 11.2 Å². The highest BCUT2D eigenvalue weighted by Gasteiger charge is 2.30. The highest BCUT2D eigenvalue weighted by molar-refractivity contribution is 7.17. The fourth-order valence-corrected chi connectivity index (χ4v) is 4.02. The van der Waals surface area contributed by atoms with Crippen molar-refractivity contribution < 1.29 is 4.79 Å². The molecule has 1 atom stereocenters. The molecule has 1 fully saturated rings. The van der Waals surface area contributed by atoms with Crippen LogP contribution in [0.2, 0.25) is 5.02 Å². The molecule has 1 aromatic heterocycles. The van der Waals surface area contributed by atoms with E-state index in [1.165, 1.54) is 11.3 Å². The summed E-state index contributed by atoms with van der Waals surface area (Å²) in [6, 6.07) is 7.85. The SMILES string of the molecule is CNC[C@@H]1CCCN1C(=O)c1cnc(-c2ccccc2Cl)s1. The topological polar surface area (TPSA) is 45.2 Å². The number of carbonyl (C=O) groups is 1. The van der Waals surface area contributed by atoms with E-state index in [-0.39, 0.29) is 11.9 Å². The lowest BCUT2D eigenvalue weighted by Crippen LogP contribution is -2.40. The number of nitrogens with zero attached hydrogens (tertiary/aromatic N) is 2. The predicted octanol–water partition coefficient (Wildman–Crippen LogP) is 3.29. The number of hydrogen-bond donors (Lipinski definition) is 1. The molecule has 0 bridgehead atoms. The molecule has 1 amide bonds. The molecule has 3 rings (SSSR count). The fourth-order valence-electron chi connectivity index (χ4n) is 2.82. The molecule has 0 radical (unpaired) electrons. The number of halogens is 1. The Bertz CT molecular complexity index is 673. The number of thiazole rings is 1. The van der Waals surface area contributed by atoms with Gasteiger partial charge in [0.15, 0.2) is 0 Å². The molecular formula is C16H18ClN3OS. The maximum Gasteiger partial charge on any atom is 0.265 e. The van der Waals surface area contributed by atoms with Gasteiger partial charge in [-0.1, -0.05) is 29.8 Å². The van der Waals surface area contributed by atoms with Crippen LogP contribution >= 0.6 is 22.9 Å². The van der Waals surface area contributed by atoms with Crippen LogP contribution in [-0.2, 0) is 0 Å². The lowest BCUT2D eigenvalue weighted by Gasteiger charge is -2.23. The van der Waals surface area contributed by atoms with Crippen LogP contribution in [0, 0.1) is 0 Å². The number of benzene rings is 1. The number of likely N-dealkylation sites (N-methyl/N-ethyl adjacent to an activating group) is 1. The zero-order valence-corrected chi connectivity index (χ0v) is 14.0. The predicted molar refractivity (Wildman–Crippen MR) is 90.5 cm³/mol. The van der Waals surface area contributed by atoms with Gasteiger partial charge in [-0.05, 0) is 26.0 Å². The number of nitrogens with one attached hydrogen (secondary N) is 1. The molecule has 0 spiro atoms. The first-order chi connectivity index (χ1) is 10.7. The lowest BCUT2D eigenvalue weighted by molar-refractivity contribution is 0.0741. The molecule has 1 N–H and O–H groups in total. The normalized spacial score (nSPS) is 17.9. The zero-order valence-electron chi connectivity index (χ0n) is 12.4. The molecule has 0 unspecified atom stereocenters. The van der Waals surface area contributed by atoms with Gasteiger partial charge in [0.2, 0.25) is 0 Å². The Morgan fingerprint density at radius 3 is 3.09 bits per heavy atom. The van der Waals surface area contributed by atoms with Crippen molar-refractivity contribution in [2.24, 2.45) is 0 Å². The van der Waals surface area contributed by atoms with Crippen molar-refractivity contribution in [1.29, 1.82) is 0 Å². The molecule has 0 saturated carbocycles. The van der Waals surface area contributed by atoms with E-state index in [1.807, 2.05) is 36.2 Å². The Morgan fingerprint density at radius 1 is 1.50 bits per heavy atom. The minimum Gasteiger partial charge on any atom is -0.334 e. The minimum absolute atomic E-state index is 0.0774. The van der Waals surface area contributed by atoms with Crippen LogP contribution in [0.1, 0.15) is 22.5 Å². The van der Waals surface area contributed by atoms with Crippen molar-refractivity contribution in [3.8, 4) is 10.6 Å². The van der Waals surface area contributed by atoms with Gasteiger partial charge in [0, 0.05) is 24.7 Å². The molecule has 116 valence electrons. The van der Waals surface area contributed by atoms with Gasteiger partial charge in [0.1, 0.15) is 9.88 Å². The summed E-state index contributed by atoms with van der Waals surface area (Å²) in [6.45, 7) is 1.66. The molecule has 1 aromatic carbocycles. The van der Waals surface area contributed by atoms with E-state index in [0.29, 0.717) is 9.90 Å². The van der Waals surface area contributed by atoms with Crippen LogP contribution in [0.25, 0.3) is 10.6 Å². The summed E-state index contributed by atoms with van der Waals surface area (Å²) in [7, 11) is 1.92. The first-order valence-corrected chi connectivity index (χ1v) is 8.56. The van der Waals surface area contributed by atoms with Gasteiger partial charge in [0.25, 0.3) is 5.91 Å². The van der Waals surface area contributed by atoms with Crippen LogP contribution in [0.3, 0.4) is 0 Å². The quantitative estimate of drug-likeness (QED) is 0.932. The van der Waals surface area contributed by atoms with Gasteiger partial charge in [-0.2, -0.15) is 0 Å². The van der Waals surface area contributed by atoms with E-state index >= 15 is 0 Å². The van der Waals surface area contributed by atoms with Crippen LogP contribution in [0.5, 0.6) is 0 Å². The second kappa shape index (κ2) is 6.77. The zero-order chi connectivity index (χ0) is 15.5. The minimum atomic E-state index is 0.0774. The Labute approximate surface area is 139 Å². The monoisotopic (exact) mass is 335 g/mol. The highest BCUT2D eigenvalue weighted by Crippen LogP contribution is 2.32. The van der Waals surface area contributed by atoms with E-state index in [4.69, 9.17) is 11.6 Å². The van der Waals surface area contributed by atoms with Crippen molar-refractivity contribution in [3.05, 3.63) is 40.4 Å². The average Bonchev–Trinajstić information content (AvgIpc) is 3.17. The van der Waals surface area contributed by atoms with Crippen molar-refractivity contribution in [1.82, 2.24) is 15.2 Å². The molecule has 2 aromatic rings. The average molecular weight is 336 g/mol. The second-order valence-corrected chi connectivity index (χ2v) is 6.80. The summed E-state index contributed by atoms with van der Waals surface area (Å²) in [5.41, 5.74) is 0.876. The molecule has 1 aliphatic rings. The third-order valence-corrected chi connectivity index (χ3v) is 5.25. The van der Waals surface area contributed by atoms with Gasteiger partial charge in [-0.25, -0.2) is 4.98 Å². The van der Waals surface area contributed by atoms with E-state index in [9.17, 15) is 4.79 Å². The molecule has 4 nitrogen and oxygen atoms in total. The summed E-state index contributed by atoms with van der Waals surface area (Å²) >= 11 is 7.61. The van der Waals surface area contributed by atoms with E-state index in [2.05, 4.69) is 10.3 Å². The van der Waals surface area contributed by atoms with E-state index < -0.39 is 0 Å². The van der Waals surface area contributed by atoms with Crippen LogP contribution in [0.15, 0.2) is 30.5 Å². The molecular weight excluding hydrogens is 318 g/mol. The Hall–Kier alpha value is -1.43. The maximum absolute atomic E-state index is 12.7. The third kappa shape index (κ3) is 3.02. The van der Waals surface area contributed by atoms with Crippen molar-refractivity contribution in [2.45, 2.75) is 18.9 Å². The lowest BCUT2D eigenvalue weighted by atomic mass is 10.2. The Morgan fingerprint density at radius 2 is 2.32 bits per heavy atom. The number of carbonyl (C=O) groups excluding carboxylic acids is 1. The van der Waals surface area contributed by atoms with Crippen molar-refractivity contribution in [3.63, 3.8) is 0 Å². The van der Waals surface area contributed by atoms with Crippen LogP contribution < -0.4 is 5.32 Å². The largest absolute Gasteiger partial charge is 0.334 e. The smallest absolute Gasteiger partial charge is 0.265 e. The van der Waals surface area contributed by atoms with Gasteiger partial charge in [-0.3, -0.25) is 4.79 Å². The standard InChI is InChI=1S/C16H18ClN3OS/c1-18-9-11-5-4-8-20(11)16(21)14-10-19-15(22-14)12-6-2-3-7-13(12)17/h2-3,6-7,10-11,18H,4-5,8-9H2,1H3/t11-/m0/s1. The Kier molecular flexibility index (Phi) is 4.76. The molecule has 1 saturated heterocycles.